The van der Waals surface area contributed by atoms with Gasteiger partial charge in [-0.05, 0) is 45.2 Å². The quantitative estimate of drug-likeness (QED) is 0.680. The van der Waals surface area contributed by atoms with Gasteiger partial charge < -0.3 is 15.2 Å². The first kappa shape index (κ1) is 21.7. The molecule has 1 atom stereocenters. The fourth-order valence-electron chi connectivity index (χ4n) is 2.23. The summed E-state index contributed by atoms with van der Waals surface area (Å²) in [6, 6.07) is 2.59. The summed E-state index contributed by atoms with van der Waals surface area (Å²) in [6.45, 7) is 5.38. The van der Waals surface area contributed by atoms with Crippen LogP contribution in [-0.4, -0.2) is 30.5 Å². The van der Waals surface area contributed by atoms with Gasteiger partial charge in [0.15, 0.2) is 0 Å². The summed E-state index contributed by atoms with van der Waals surface area (Å²) < 4.78 is 10.5. The zero-order chi connectivity index (χ0) is 19.2. The van der Waals surface area contributed by atoms with Gasteiger partial charge in [0.1, 0.15) is 17.1 Å². The van der Waals surface area contributed by atoms with Crippen molar-refractivity contribution in [1.29, 1.82) is 0 Å². The van der Waals surface area contributed by atoms with Gasteiger partial charge >= 0.3 is 5.97 Å². The van der Waals surface area contributed by atoms with Crippen LogP contribution in [0, 0.1) is 0 Å². The Kier molecular flexibility index (Phi) is 8.19. The maximum absolute atomic E-state index is 12.2. The lowest BCUT2D eigenvalue weighted by atomic mass is 10.0. The van der Waals surface area contributed by atoms with Crippen molar-refractivity contribution in [3.05, 3.63) is 27.7 Å². The smallest absolute Gasteiger partial charge is 0.306 e. The molecule has 1 rings (SSSR count). The highest BCUT2D eigenvalue weighted by Crippen LogP contribution is 2.31. The van der Waals surface area contributed by atoms with Crippen molar-refractivity contribution in [3.63, 3.8) is 0 Å². The molecule has 0 aliphatic carbocycles. The Labute approximate surface area is 158 Å². The zero-order valence-electron chi connectivity index (χ0n) is 15.0. The van der Waals surface area contributed by atoms with E-state index in [0.29, 0.717) is 22.2 Å². The molecule has 0 radical (unpaired) electrons. The lowest BCUT2D eigenvalue weighted by Crippen LogP contribution is -2.32. The number of halogens is 2. The van der Waals surface area contributed by atoms with Crippen molar-refractivity contribution in [3.8, 4) is 5.75 Å². The van der Waals surface area contributed by atoms with E-state index in [-0.39, 0.29) is 31.0 Å². The largest absolute Gasteiger partial charge is 0.496 e. The van der Waals surface area contributed by atoms with Crippen LogP contribution in [0.15, 0.2) is 12.1 Å². The molecule has 0 bridgehead atoms. The number of ether oxygens (including phenoxy) is 2. The molecule has 0 aromatic heterocycles. The third-order valence-corrected chi connectivity index (χ3v) is 4.18. The summed E-state index contributed by atoms with van der Waals surface area (Å²) in [7, 11) is 1.53. The van der Waals surface area contributed by atoms with E-state index >= 15 is 0 Å². The molecular formula is C18H25Cl2NO4. The second-order valence-corrected chi connectivity index (χ2v) is 7.59. The number of benzene rings is 1. The minimum atomic E-state index is -0.707. The van der Waals surface area contributed by atoms with Crippen molar-refractivity contribution in [2.45, 2.75) is 58.1 Å². The van der Waals surface area contributed by atoms with Crippen LogP contribution in [0.25, 0.3) is 0 Å². The van der Waals surface area contributed by atoms with Gasteiger partial charge in [0.2, 0.25) is 0 Å². The fraction of sp³-hybridized carbons (Fsp3) is 0.556. The zero-order valence-corrected chi connectivity index (χ0v) is 16.5. The summed E-state index contributed by atoms with van der Waals surface area (Å²) in [5, 5.41) is 0.793. The second-order valence-electron chi connectivity index (χ2n) is 6.78. The molecular weight excluding hydrogens is 365 g/mol. The van der Waals surface area contributed by atoms with Crippen molar-refractivity contribution in [2.75, 3.05) is 7.11 Å². The number of hydrogen-bond acceptors (Lipinski definition) is 5. The number of rotatable bonds is 8. The van der Waals surface area contributed by atoms with Crippen LogP contribution in [0.5, 0.6) is 5.75 Å². The normalized spacial score (nSPS) is 12.6. The first-order valence-electron chi connectivity index (χ1n) is 8.05. The monoisotopic (exact) mass is 389 g/mol. The maximum atomic E-state index is 12.2. The molecule has 0 aliphatic heterocycles. The number of methoxy groups -OCH3 is 1. The van der Waals surface area contributed by atoms with Crippen LogP contribution in [0.1, 0.15) is 45.6 Å². The number of hydrogen-bond donors (Lipinski definition) is 1. The number of nitrogens with two attached hydrogens (primary N) is 1. The average Bonchev–Trinajstić information content (AvgIpc) is 2.51. The Morgan fingerprint density at radius 3 is 2.32 bits per heavy atom. The summed E-state index contributed by atoms with van der Waals surface area (Å²) >= 11 is 12.0. The van der Waals surface area contributed by atoms with Crippen molar-refractivity contribution < 1.29 is 19.1 Å². The van der Waals surface area contributed by atoms with Crippen LogP contribution < -0.4 is 10.5 Å². The van der Waals surface area contributed by atoms with E-state index < -0.39 is 11.6 Å². The van der Waals surface area contributed by atoms with E-state index in [1.54, 1.807) is 32.9 Å². The Hall–Kier alpha value is -1.30. The van der Waals surface area contributed by atoms with Crippen LogP contribution in [0.3, 0.4) is 0 Å². The second kappa shape index (κ2) is 9.41. The fourth-order valence-corrected chi connectivity index (χ4v) is 2.57. The minimum Gasteiger partial charge on any atom is -0.496 e. The predicted octanol–water partition coefficient (Wildman–Crippen LogP) is 3.95. The molecule has 0 unspecified atom stereocenters. The highest BCUT2D eigenvalue weighted by atomic mass is 35.5. The highest BCUT2D eigenvalue weighted by molar-refractivity contribution is 6.42. The van der Waals surface area contributed by atoms with E-state index in [1.165, 1.54) is 7.11 Å². The molecule has 1 aromatic rings. The van der Waals surface area contributed by atoms with Gasteiger partial charge in [-0.3, -0.25) is 9.59 Å². The number of carbonyl (C=O) groups is 2. The Morgan fingerprint density at radius 2 is 1.76 bits per heavy atom. The van der Waals surface area contributed by atoms with Crippen molar-refractivity contribution >= 4 is 35.0 Å². The predicted molar refractivity (Wildman–Crippen MR) is 99.4 cm³/mol. The first-order chi connectivity index (χ1) is 11.5. The first-order valence-corrected chi connectivity index (χ1v) is 8.81. The molecule has 0 aliphatic rings. The highest BCUT2D eigenvalue weighted by Gasteiger charge is 2.20. The lowest BCUT2D eigenvalue weighted by Gasteiger charge is -2.20. The molecule has 0 saturated carbocycles. The van der Waals surface area contributed by atoms with E-state index in [4.69, 9.17) is 38.4 Å². The average molecular weight is 390 g/mol. The third-order valence-electron chi connectivity index (χ3n) is 3.46. The van der Waals surface area contributed by atoms with Crippen LogP contribution in [-0.2, 0) is 20.7 Å². The van der Waals surface area contributed by atoms with Gasteiger partial charge in [0.05, 0.1) is 23.2 Å². The van der Waals surface area contributed by atoms with E-state index in [9.17, 15) is 9.59 Å². The molecule has 7 heteroatoms. The molecule has 0 spiro atoms. The lowest BCUT2D eigenvalue weighted by molar-refractivity contribution is -0.155. The van der Waals surface area contributed by atoms with Gasteiger partial charge in [-0.2, -0.15) is 0 Å². The summed E-state index contributed by atoms with van der Waals surface area (Å²) in [5.41, 5.74) is 6.12. The molecule has 25 heavy (non-hydrogen) atoms. The molecule has 1 aromatic carbocycles. The SMILES string of the molecule is COc1cc(Cl)c(Cl)cc1CCC(=O)[C@H](N)CCC(=O)OC(C)(C)C. The molecule has 0 saturated heterocycles. The summed E-state index contributed by atoms with van der Waals surface area (Å²) in [5.74, 6) is 0.0862. The summed E-state index contributed by atoms with van der Waals surface area (Å²) in [4.78, 5) is 23.9. The number of carbonyl (C=O) groups excluding carboxylic acids is 2. The van der Waals surface area contributed by atoms with Crippen LogP contribution in [0.4, 0.5) is 0 Å². The molecule has 2 N–H and O–H groups in total. The minimum absolute atomic E-state index is 0.111. The molecule has 5 nitrogen and oxygen atoms in total. The number of aryl methyl sites for hydroxylation is 1. The Morgan fingerprint density at radius 1 is 1.16 bits per heavy atom. The number of esters is 1. The van der Waals surface area contributed by atoms with Crippen LogP contribution in [0.2, 0.25) is 10.0 Å². The van der Waals surface area contributed by atoms with E-state index in [1.807, 2.05) is 0 Å². The third kappa shape index (κ3) is 7.63. The van der Waals surface area contributed by atoms with E-state index in [0.717, 1.165) is 5.56 Å². The van der Waals surface area contributed by atoms with Gasteiger partial charge in [-0.1, -0.05) is 23.2 Å². The van der Waals surface area contributed by atoms with Crippen molar-refractivity contribution in [2.24, 2.45) is 5.73 Å². The molecule has 0 fully saturated rings. The van der Waals surface area contributed by atoms with Gasteiger partial charge in [0, 0.05) is 18.9 Å². The molecule has 140 valence electrons. The van der Waals surface area contributed by atoms with Crippen molar-refractivity contribution in [1.82, 2.24) is 0 Å². The Bertz CT molecular complexity index is 626. The number of ketones is 1. The molecule has 0 heterocycles. The van der Waals surface area contributed by atoms with Gasteiger partial charge in [-0.25, -0.2) is 0 Å². The standard InChI is InChI=1S/C18H25Cl2NO4/c1-18(2,3)25-17(23)8-6-14(21)15(22)7-5-11-9-12(19)13(20)10-16(11)24-4/h9-10,14H,5-8,21H2,1-4H3/t14-/m1/s1. The maximum Gasteiger partial charge on any atom is 0.306 e. The topological polar surface area (TPSA) is 78.6 Å². The van der Waals surface area contributed by atoms with Crippen LogP contribution >= 0.6 is 23.2 Å². The molecule has 0 amide bonds. The summed E-state index contributed by atoms with van der Waals surface area (Å²) in [6.07, 6.45) is 1.02. The van der Waals surface area contributed by atoms with Gasteiger partial charge in [0.25, 0.3) is 0 Å². The van der Waals surface area contributed by atoms with Gasteiger partial charge in [-0.15, -0.1) is 0 Å². The Balaban J connectivity index is 2.54. The van der Waals surface area contributed by atoms with E-state index in [2.05, 4.69) is 0 Å². The number of Topliss-reactive ketones (excluding diaryl/α,β-unsaturated/α-hetero) is 1.